The number of ether oxygens (including phenoxy) is 1. The molecule has 0 spiro atoms. The van der Waals surface area contributed by atoms with Gasteiger partial charge in [0.1, 0.15) is 5.56 Å². The number of alkyl halides is 6. The van der Waals surface area contributed by atoms with Crippen molar-refractivity contribution in [1.82, 2.24) is 5.32 Å². The molecule has 4 nitrogen and oxygen atoms in total. The van der Waals surface area contributed by atoms with Crippen molar-refractivity contribution >= 4 is 5.91 Å². The van der Waals surface area contributed by atoms with Gasteiger partial charge in [0.2, 0.25) is 0 Å². The van der Waals surface area contributed by atoms with Crippen LogP contribution in [0.15, 0.2) is 103 Å². The molecular weight excluding hydrogens is 582 g/mol. The molecule has 0 fully saturated rings. The Kier molecular flexibility index (Phi) is 11.1. The summed E-state index contributed by atoms with van der Waals surface area (Å²) in [5, 5.41) is 2.87. The van der Waals surface area contributed by atoms with Gasteiger partial charge in [-0.05, 0) is 35.4 Å². The van der Waals surface area contributed by atoms with E-state index in [9.17, 15) is 31.1 Å². The monoisotopic (exact) mass is 608 g/mol. The summed E-state index contributed by atoms with van der Waals surface area (Å²) in [7, 11) is 0. The Bertz CT molecular complexity index is 1420. The van der Waals surface area contributed by atoms with Crippen LogP contribution in [-0.4, -0.2) is 19.1 Å². The number of amides is 1. The molecule has 1 unspecified atom stereocenters. The van der Waals surface area contributed by atoms with Gasteiger partial charge in [-0.25, -0.2) is 0 Å². The predicted molar refractivity (Wildman–Crippen MR) is 140 cm³/mol. The first-order chi connectivity index (χ1) is 19.5. The Morgan fingerprint density at radius 3 is 1.98 bits per heavy atom. The fourth-order valence-corrected chi connectivity index (χ4v) is 4.29. The van der Waals surface area contributed by atoms with Crippen LogP contribution in [0.25, 0.3) is 0 Å². The normalized spacial score (nSPS) is 12.3. The molecule has 0 saturated heterocycles. The summed E-state index contributed by atoms with van der Waals surface area (Å²) >= 11 is 0. The van der Waals surface area contributed by atoms with Crippen LogP contribution in [-0.2, 0) is 30.2 Å². The molecule has 4 aromatic rings. The third-order valence-corrected chi connectivity index (χ3v) is 6.34. The second-order valence-corrected chi connectivity index (χ2v) is 9.50. The molecule has 4 rings (SSSR count). The molecule has 222 valence electrons. The number of rotatable bonds is 10. The second kappa shape index (κ2) is 14.3. The molecule has 42 heavy (non-hydrogen) atoms. The van der Waals surface area contributed by atoms with Crippen LogP contribution in [0.2, 0.25) is 0 Å². The zero-order chi connectivity index (χ0) is 29.5. The third-order valence-electron chi connectivity index (χ3n) is 6.34. The minimum absolute atomic E-state index is 0. The van der Waals surface area contributed by atoms with Gasteiger partial charge in [0, 0.05) is 24.1 Å². The second-order valence-electron chi connectivity index (χ2n) is 9.50. The van der Waals surface area contributed by atoms with Gasteiger partial charge >= 0.3 is 12.4 Å². The highest BCUT2D eigenvalue weighted by molar-refractivity contribution is 5.93. The molecule has 0 saturated carbocycles. The lowest BCUT2D eigenvalue weighted by atomic mass is 10.00. The quantitative estimate of drug-likeness (QED) is 0.220. The molecule has 1 heterocycles. The maximum absolute atomic E-state index is 13.2. The molecule has 1 aromatic heterocycles. The van der Waals surface area contributed by atoms with E-state index in [1.807, 2.05) is 53.2 Å². The van der Waals surface area contributed by atoms with Crippen molar-refractivity contribution in [3.63, 3.8) is 0 Å². The number of halogens is 7. The lowest BCUT2D eigenvalue weighted by molar-refractivity contribution is -0.688. The van der Waals surface area contributed by atoms with Gasteiger partial charge < -0.3 is 22.5 Å². The van der Waals surface area contributed by atoms with E-state index in [1.165, 1.54) is 0 Å². The first-order valence-corrected chi connectivity index (χ1v) is 12.7. The number of hydrogen-bond acceptors (Lipinski definition) is 2. The number of carbonyl (C=O) groups is 1. The molecule has 1 amide bonds. The molecule has 0 radical (unpaired) electrons. The van der Waals surface area contributed by atoms with Gasteiger partial charge in [-0.3, -0.25) is 4.79 Å². The van der Waals surface area contributed by atoms with Gasteiger partial charge in [0.25, 0.3) is 5.91 Å². The molecule has 0 aliphatic carbocycles. The van der Waals surface area contributed by atoms with Crippen molar-refractivity contribution in [2.45, 2.75) is 31.4 Å². The van der Waals surface area contributed by atoms with Gasteiger partial charge in [-0.2, -0.15) is 30.9 Å². The van der Waals surface area contributed by atoms with Crippen LogP contribution >= 0.6 is 0 Å². The fourth-order valence-electron chi connectivity index (χ4n) is 4.29. The summed E-state index contributed by atoms with van der Waals surface area (Å²) in [6.07, 6.45) is -6.31. The van der Waals surface area contributed by atoms with E-state index in [2.05, 4.69) is 5.32 Å². The molecule has 3 aromatic carbocycles. The van der Waals surface area contributed by atoms with E-state index in [4.69, 9.17) is 4.74 Å². The number of nitrogens with one attached hydrogen (secondary N) is 1. The number of pyridine rings is 1. The summed E-state index contributed by atoms with van der Waals surface area (Å²) in [5.74, 6) is -0.741. The van der Waals surface area contributed by atoms with Crippen molar-refractivity contribution in [3.8, 4) is 0 Å². The summed E-state index contributed by atoms with van der Waals surface area (Å²) in [6, 6.07) is 23.6. The lowest BCUT2D eigenvalue weighted by Crippen LogP contribution is -3.00. The molecule has 0 aliphatic rings. The van der Waals surface area contributed by atoms with Crippen molar-refractivity contribution in [2.75, 3.05) is 13.2 Å². The summed E-state index contributed by atoms with van der Waals surface area (Å²) in [5.41, 5.74) is -0.759. The van der Waals surface area contributed by atoms with E-state index in [-0.39, 0.29) is 43.1 Å². The average Bonchev–Trinajstić information content (AvgIpc) is 2.95. The number of hydrogen-bond donors (Lipinski definition) is 1. The first-order valence-electron chi connectivity index (χ1n) is 12.7. The van der Waals surface area contributed by atoms with Crippen LogP contribution in [0.4, 0.5) is 26.3 Å². The molecule has 1 atom stereocenters. The number of aromatic nitrogens is 1. The van der Waals surface area contributed by atoms with E-state index in [0.717, 1.165) is 11.1 Å². The smallest absolute Gasteiger partial charge is 0.416 e. The van der Waals surface area contributed by atoms with Gasteiger partial charge in [-0.1, -0.05) is 60.7 Å². The SMILES string of the molecule is O=C(NCC(COCc1cc(C(F)(F)F)cc(C(F)(F)F)c1)c1ccccc1)c1ccc[n+](Cc2ccccc2)c1.[Cl-]. The zero-order valence-electron chi connectivity index (χ0n) is 22.1. The largest absolute Gasteiger partial charge is 1.00 e. The average molecular weight is 609 g/mol. The Labute approximate surface area is 245 Å². The molecular formula is C31H27ClF6N2O2. The van der Waals surface area contributed by atoms with Gasteiger partial charge in [0.05, 0.1) is 24.3 Å². The number of benzene rings is 3. The summed E-state index contributed by atoms with van der Waals surface area (Å²) in [4.78, 5) is 13.0. The molecule has 0 bridgehead atoms. The standard InChI is InChI=1S/C31H26F6N2O2.ClH/c32-30(33,34)27-14-23(15-28(16-27)31(35,36)37)20-41-21-26(24-10-5-2-6-11-24)17-38-29(40)25-12-7-13-39(19-25)18-22-8-3-1-4-9-22;/h1-16,19,26H,17-18,20-21H2;1H. The number of carbonyl (C=O) groups excluding carboxylic acids is 1. The Morgan fingerprint density at radius 2 is 1.38 bits per heavy atom. The minimum atomic E-state index is -4.94. The highest BCUT2D eigenvalue weighted by Gasteiger charge is 2.36. The zero-order valence-corrected chi connectivity index (χ0v) is 22.9. The Balaban J connectivity index is 0.00000484. The van der Waals surface area contributed by atoms with Crippen LogP contribution in [0, 0.1) is 0 Å². The lowest BCUT2D eigenvalue weighted by Gasteiger charge is -2.19. The van der Waals surface area contributed by atoms with E-state index in [0.29, 0.717) is 24.2 Å². The predicted octanol–water partition coefficient (Wildman–Crippen LogP) is 3.79. The van der Waals surface area contributed by atoms with E-state index < -0.39 is 36.0 Å². The molecule has 0 aliphatic heterocycles. The minimum Gasteiger partial charge on any atom is -1.00 e. The van der Waals surface area contributed by atoms with Crippen molar-refractivity contribution < 1.29 is 52.8 Å². The van der Waals surface area contributed by atoms with Gasteiger partial charge in [-0.15, -0.1) is 0 Å². The highest BCUT2D eigenvalue weighted by Crippen LogP contribution is 2.36. The Hall–Kier alpha value is -3.89. The van der Waals surface area contributed by atoms with Crippen LogP contribution in [0.3, 0.4) is 0 Å². The summed E-state index contributed by atoms with van der Waals surface area (Å²) in [6.45, 7) is 0.188. The molecule has 1 N–H and O–H groups in total. The van der Waals surface area contributed by atoms with Crippen LogP contribution in [0.1, 0.15) is 44.1 Å². The number of nitrogens with zero attached hydrogens (tertiary/aromatic N) is 1. The van der Waals surface area contributed by atoms with Crippen molar-refractivity contribution in [1.29, 1.82) is 0 Å². The van der Waals surface area contributed by atoms with Crippen molar-refractivity contribution in [2.24, 2.45) is 0 Å². The van der Waals surface area contributed by atoms with Crippen LogP contribution in [0.5, 0.6) is 0 Å². The van der Waals surface area contributed by atoms with Gasteiger partial charge in [0.15, 0.2) is 18.9 Å². The topological polar surface area (TPSA) is 42.2 Å². The summed E-state index contributed by atoms with van der Waals surface area (Å²) < 4.78 is 86.7. The van der Waals surface area contributed by atoms with E-state index >= 15 is 0 Å². The van der Waals surface area contributed by atoms with Crippen molar-refractivity contribution in [3.05, 3.63) is 137 Å². The fraction of sp³-hybridized carbons (Fsp3) is 0.226. The highest BCUT2D eigenvalue weighted by atomic mass is 35.5. The first kappa shape index (κ1) is 32.6. The Morgan fingerprint density at radius 1 is 0.786 bits per heavy atom. The third kappa shape index (κ3) is 9.32. The van der Waals surface area contributed by atoms with E-state index in [1.54, 1.807) is 36.5 Å². The maximum atomic E-state index is 13.2. The van der Waals surface area contributed by atoms with Crippen LogP contribution < -0.4 is 22.3 Å². The molecule has 11 heteroatoms. The maximum Gasteiger partial charge on any atom is 0.416 e.